The molecule has 2 aromatic rings. The Kier molecular flexibility index (Phi) is 2.59. The van der Waals surface area contributed by atoms with Gasteiger partial charge in [0.15, 0.2) is 0 Å². The summed E-state index contributed by atoms with van der Waals surface area (Å²) in [7, 11) is 0. The number of aromatic nitrogens is 2. The monoisotopic (exact) mass is 220 g/mol. The highest BCUT2D eigenvalue weighted by Crippen LogP contribution is 2.38. The van der Waals surface area contributed by atoms with Crippen LogP contribution in [0.4, 0.5) is 0 Å². The molecule has 0 radical (unpaired) electrons. The molecule has 2 nitrogen and oxygen atoms in total. The van der Waals surface area contributed by atoms with E-state index < -0.39 is 0 Å². The summed E-state index contributed by atoms with van der Waals surface area (Å²) in [6, 6.07) is 12.0. The number of benzene rings is 1. The van der Waals surface area contributed by atoms with Crippen LogP contribution >= 0.6 is 0 Å². The van der Waals surface area contributed by atoms with Gasteiger partial charge in [-0.05, 0) is 37.0 Å². The summed E-state index contributed by atoms with van der Waals surface area (Å²) in [6.07, 6.45) is 4.12. The van der Waals surface area contributed by atoms with Gasteiger partial charge in [0.25, 0.3) is 0 Å². The van der Waals surface area contributed by atoms with Crippen molar-refractivity contribution in [1.29, 1.82) is 0 Å². The molecular formula is C15H12N2. The predicted molar refractivity (Wildman–Crippen MR) is 66.4 cm³/mol. The Morgan fingerprint density at radius 1 is 1.00 bits per heavy atom. The SMILES string of the molecule is C(#Cc1cc(C2CC2)ncn1)c1ccccc1. The lowest BCUT2D eigenvalue weighted by atomic mass is 10.2. The molecule has 2 heteroatoms. The molecule has 0 aliphatic heterocycles. The molecule has 0 unspecified atom stereocenters. The molecular weight excluding hydrogens is 208 g/mol. The second-order valence-corrected chi connectivity index (χ2v) is 4.22. The summed E-state index contributed by atoms with van der Waals surface area (Å²) in [5.41, 5.74) is 2.96. The zero-order chi connectivity index (χ0) is 11.5. The molecule has 0 bridgehead atoms. The maximum absolute atomic E-state index is 4.28. The maximum Gasteiger partial charge on any atom is 0.117 e. The summed E-state index contributed by atoms with van der Waals surface area (Å²) in [5.74, 6) is 6.84. The van der Waals surface area contributed by atoms with Crippen molar-refractivity contribution in [3.8, 4) is 11.8 Å². The molecule has 0 saturated heterocycles. The van der Waals surface area contributed by atoms with Crippen LogP contribution in [0.25, 0.3) is 0 Å². The number of hydrogen-bond acceptors (Lipinski definition) is 2. The van der Waals surface area contributed by atoms with Gasteiger partial charge in [0, 0.05) is 17.2 Å². The predicted octanol–water partition coefficient (Wildman–Crippen LogP) is 2.75. The van der Waals surface area contributed by atoms with E-state index in [2.05, 4.69) is 21.8 Å². The average Bonchev–Trinajstić information content (AvgIpc) is 3.22. The molecule has 17 heavy (non-hydrogen) atoms. The quantitative estimate of drug-likeness (QED) is 0.691. The fourth-order valence-electron chi connectivity index (χ4n) is 1.70. The van der Waals surface area contributed by atoms with Crippen LogP contribution in [-0.4, -0.2) is 9.97 Å². The highest BCUT2D eigenvalue weighted by atomic mass is 14.8. The van der Waals surface area contributed by atoms with E-state index in [1.807, 2.05) is 36.4 Å². The highest BCUT2D eigenvalue weighted by Gasteiger charge is 2.24. The van der Waals surface area contributed by atoms with Crippen LogP contribution < -0.4 is 0 Å². The van der Waals surface area contributed by atoms with Gasteiger partial charge in [-0.2, -0.15) is 0 Å². The molecule has 1 heterocycles. The van der Waals surface area contributed by atoms with Crippen molar-refractivity contribution in [3.63, 3.8) is 0 Å². The smallest absolute Gasteiger partial charge is 0.117 e. The van der Waals surface area contributed by atoms with Crippen LogP contribution in [0.2, 0.25) is 0 Å². The van der Waals surface area contributed by atoms with Crippen molar-refractivity contribution < 1.29 is 0 Å². The molecule has 82 valence electrons. The van der Waals surface area contributed by atoms with Crippen LogP contribution in [0.1, 0.15) is 35.7 Å². The van der Waals surface area contributed by atoms with E-state index in [0.29, 0.717) is 5.92 Å². The largest absolute Gasteiger partial charge is 0.241 e. The molecule has 1 aliphatic rings. The lowest BCUT2D eigenvalue weighted by Gasteiger charge is -1.95. The van der Waals surface area contributed by atoms with Crippen molar-refractivity contribution in [3.05, 3.63) is 59.7 Å². The molecule has 1 aromatic carbocycles. The third-order valence-corrected chi connectivity index (χ3v) is 2.79. The first-order valence-corrected chi connectivity index (χ1v) is 5.81. The topological polar surface area (TPSA) is 25.8 Å². The van der Waals surface area contributed by atoms with Gasteiger partial charge in [-0.15, -0.1) is 0 Å². The third-order valence-electron chi connectivity index (χ3n) is 2.79. The van der Waals surface area contributed by atoms with E-state index in [0.717, 1.165) is 17.0 Å². The van der Waals surface area contributed by atoms with Gasteiger partial charge in [0.1, 0.15) is 12.0 Å². The van der Waals surface area contributed by atoms with Gasteiger partial charge >= 0.3 is 0 Å². The minimum Gasteiger partial charge on any atom is -0.241 e. The zero-order valence-corrected chi connectivity index (χ0v) is 9.43. The van der Waals surface area contributed by atoms with Crippen LogP contribution in [0, 0.1) is 11.8 Å². The minimum atomic E-state index is 0.648. The van der Waals surface area contributed by atoms with Gasteiger partial charge in [-0.3, -0.25) is 0 Å². The second-order valence-electron chi connectivity index (χ2n) is 4.22. The Morgan fingerprint density at radius 2 is 1.82 bits per heavy atom. The van der Waals surface area contributed by atoms with E-state index in [9.17, 15) is 0 Å². The Labute approximate surface area is 101 Å². The molecule has 0 atom stereocenters. The normalized spacial score (nSPS) is 13.9. The Balaban J connectivity index is 1.85. The summed E-state index contributed by atoms with van der Waals surface area (Å²) < 4.78 is 0. The fourth-order valence-corrected chi connectivity index (χ4v) is 1.70. The third kappa shape index (κ3) is 2.51. The van der Waals surface area contributed by atoms with E-state index >= 15 is 0 Å². The minimum absolute atomic E-state index is 0.648. The van der Waals surface area contributed by atoms with Crippen LogP contribution in [0.3, 0.4) is 0 Å². The summed E-state index contributed by atoms with van der Waals surface area (Å²) in [4.78, 5) is 8.46. The Bertz CT molecular complexity index is 575. The van der Waals surface area contributed by atoms with Crippen LogP contribution in [0.5, 0.6) is 0 Å². The van der Waals surface area contributed by atoms with Crippen molar-refractivity contribution in [2.75, 3.05) is 0 Å². The maximum atomic E-state index is 4.28. The number of rotatable bonds is 1. The molecule has 0 N–H and O–H groups in total. The zero-order valence-electron chi connectivity index (χ0n) is 9.43. The first kappa shape index (κ1) is 10.0. The van der Waals surface area contributed by atoms with Crippen molar-refractivity contribution in [2.45, 2.75) is 18.8 Å². The number of nitrogens with zero attached hydrogens (tertiary/aromatic N) is 2. The summed E-state index contributed by atoms with van der Waals surface area (Å²) in [5, 5.41) is 0. The summed E-state index contributed by atoms with van der Waals surface area (Å²) >= 11 is 0. The second kappa shape index (κ2) is 4.39. The van der Waals surface area contributed by atoms with Gasteiger partial charge in [-0.25, -0.2) is 9.97 Å². The number of hydrogen-bond donors (Lipinski definition) is 0. The van der Waals surface area contributed by atoms with E-state index in [-0.39, 0.29) is 0 Å². The van der Waals surface area contributed by atoms with Crippen molar-refractivity contribution >= 4 is 0 Å². The van der Waals surface area contributed by atoms with Gasteiger partial charge in [0.05, 0.1) is 0 Å². The van der Waals surface area contributed by atoms with Gasteiger partial charge in [0.2, 0.25) is 0 Å². The first-order chi connectivity index (χ1) is 8.42. The van der Waals surface area contributed by atoms with Crippen LogP contribution in [-0.2, 0) is 0 Å². The first-order valence-electron chi connectivity index (χ1n) is 5.81. The van der Waals surface area contributed by atoms with Crippen molar-refractivity contribution in [1.82, 2.24) is 9.97 Å². The standard InChI is InChI=1S/C15H12N2/c1-2-4-12(5-3-1)6-9-14-10-15(13-7-8-13)17-11-16-14/h1-5,10-11,13H,7-8H2. The van der Waals surface area contributed by atoms with E-state index in [4.69, 9.17) is 0 Å². The van der Waals surface area contributed by atoms with Crippen molar-refractivity contribution in [2.24, 2.45) is 0 Å². The lowest BCUT2D eigenvalue weighted by molar-refractivity contribution is 0.980. The fraction of sp³-hybridized carbons (Fsp3) is 0.200. The average molecular weight is 220 g/mol. The van der Waals surface area contributed by atoms with Gasteiger partial charge < -0.3 is 0 Å². The summed E-state index contributed by atoms with van der Waals surface area (Å²) in [6.45, 7) is 0. The molecule has 0 amide bonds. The molecule has 1 fully saturated rings. The Morgan fingerprint density at radius 3 is 2.59 bits per heavy atom. The van der Waals surface area contributed by atoms with E-state index in [1.54, 1.807) is 6.33 Å². The molecule has 1 saturated carbocycles. The lowest BCUT2D eigenvalue weighted by Crippen LogP contribution is -1.90. The van der Waals surface area contributed by atoms with E-state index in [1.165, 1.54) is 12.8 Å². The molecule has 1 aliphatic carbocycles. The molecule has 1 aromatic heterocycles. The molecule has 3 rings (SSSR count). The molecule has 0 spiro atoms. The van der Waals surface area contributed by atoms with Gasteiger partial charge in [-0.1, -0.05) is 24.1 Å². The highest BCUT2D eigenvalue weighted by molar-refractivity contribution is 5.40. The van der Waals surface area contributed by atoms with Crippen LogP contribution in [0.15, 0.2) is 42.7 Å². The Hall–Kier alpha value is -2.14.